The summed E-state index contributed by atoms with van der Waals surface area (Å²) in [5.74, 6) is 0.877. The first-order valence-corrected chi connectivity index (χ1v) is 6.84. The van der Waals surface area contributed by atoms with Gasteiger partial charge in [0.15, 0.2) is 0 Å². The predicted octanol–water partition coefficient (Wildman–Crippen LogP) is 2.70. The lowest BCUT2D eigenvalue weighted by molar-refractivity contribution is 0.414. The van der Waals surface area contributed by atoms with E-state index in [0.29, 0.717) is 0 Å². The van der Waals surface area contributed by atoms with E-state index < -0.39 is 0 Å². The van der Waals surface area contributed by atoms with Gasteiger partial charge in [-0.2, -0.15) is 0 Å². The zero-order valence-corrected chi connectivity index (χ0v) is 12.1. The monoisotopic (exact) mass is 270 g/mol. The number of hydrogen-bond acceptors (Lipinski definition) is 3. The van der Waals surface area contributed by atoms with E-state index in [4.69, 9.17) is 10.5 Å². The van der Waals surface area contributed by atoms with Crippen molar-refractivity contribution in [3.8, 4) is 5.75 Å². The highest BCUT2D eigenvalue weighted by Gasteiger charge is 2.11. The molecule has 2 aromatic rings. The molecule has 0 saturated carbocycles. The molecule has 0 bridgehead atoms. The molecule has 2 rings (SSSR count). The lowest BCUT2D eigenvalue weighted by Crippen LogP contribution is -2.37. The molecule has 0 heterocycles. The smallest absolute Gasteiger partial charge is 0.142 e. The number of likely N-dealkylation sites (N-methyl/N-ethyl adjacent to an activating group) is 1. The van der Waals surface area contributed by atoms with Gasteiger partial charge < -0.3 is 15.4 Å². The number of ether oxygens (including phenoxy) is 1. The number of anilines is 1. The lowest BCUT2D eigenvalue weighted by atomic mass is 10.1. The maximum absolute atomic E-state index is 6.25. The first-order valence-electron chi connectivity index (χ1n) is 6.84. The van der Waals surface area contributed by atoms with Gasteiger partial charge in [0.2, 0.25) is 0 Å². The number of nitrogens with two attached hydrogens (primary N) is 1. The van der Waals surface area contributed by atoms with Crippen LogP contribution >= 0.6 is 0 Å². The van der Waals surface area contributed by atoms with E-state index in [1.807, 2.05) is 49.5 Å². The molecule has 0 aliphatic carbocycles. The minimum Gasteiger partial charge on any atom is -0.495 e. The van der Waals surface area contributed by atoms with Crippen molar-refractivity contribution in [1.82, 2.24) is 0 Å². The number of rotatable bonds is 6. The van der Waals surface area contributed by atoms with Crippen molar-refractivity contribution in [1.29, 1.82) is 0 Å². The molecule has 2 aromatic carbocycles. The molecule has 3 nitrogen and oxygen atoms in total. The topological polar surface area (TPSA) is 38.5 Å². The highest BCUT2D eigenvalue weighted by molar-refractivity contribution is 5.57. The van der Waals surface area contributed by atoms with Crippen molar-refractivity contribution in [3.05, 3.63) is 60.2 Å². The molecule has 1 atom stereocenters. The number of benzene rings is 2. The second-order valence-corrected chi connectivity index (χ2v) is 5.00. The predicted molar refractivity (Wildman–Crippen MR) is 84.4 cm³/mol. The van der Waals surface area contributed by atoms with Crippen molar-refractivity contribution in [2.45, 2.75) is 12.5 Å². The van der Waals surface area contributed by atoms with Crippen LogP contribution in [0.4, 0.5) is 5.69 Å². The van der Waals surface area contributed by atoms with Gasteiger partial charge in [-0.15, -0.1) is 0 Å². The van der Waals surface area contributed by atoms with Crippen LogP contribution in [-0.2, 0) is 6.42 Å². The summed E-state index contributed by atoms with van der Waals surface area (Å²) in [5.41, 5.74) is 8.59. The maximum Gasteiger partial charge on any atom is 0.142 e. The fraction of sp³-hybridized carbons (Fsp3) is 0.294. The van der Waals surface area contributed by atoms with Crippen molar-refractivity contribution in [3.63, 3.8) is 0 Å². The van der Waals surface area contributed by atoms with E-state index in [0.717, 1.165) is 24.4 Å². The van der Waals surface area contributed by atoms with Gasteiger partial charge in [-0.1, -0.05) is 42.5 Å². The van der Waals surface area contributed by atoms with Crippen LogP contribution in [0.2, 0.25) is 0 Å². The first kappa shape index (κ1) is 14.4. The Bertz CT molecular complexity index is 528. The van der Waals surface area contributed by atoms with Crippen molar-refractivity contribution < 1.29 is 4.74 Å². The van der Waals surface area contributed by atoms with Crippen LogP contribution in [0.5, 0.6) is 5.75 Å². The maximum atomic E-state index is 6.25. The molecular formula is C17H22N2O. The van der Waals surface area contributed by atoms with Crippen molar-refractivity contribution in [2.75, 3.05) is 25.6 Å². The lowest BCUT2D eigenvalue weighted by Gasteiger charge is -2.25. The van der Waals surface area contributed by atoms with Crippen LogP contribution in [0.25, 0.3) is 0 Å². The van der Waals surface area contributed by atoms with Gasteiger partial charge in [0, 0.05) is 19.6 Å². The summed E-state index contributed by atoms with van der Waals surface area (Å²) in [4.78, 5) is 2.15. The van der Waals surface area contributed by atoms with Gasteiger partial charge in [0.05, 0.1) is 12.8 Å². The Morgan fingerprint density at radius 1 is 1.05 bits per heavy atom. The summed E-state index contributed by atoms with van der Waals surface area (Å²) in [6.45, 7) is 0.787. The summed E-state index contributed by atoms with van der Waals surface area (Å²) in [6.07, 6.45) is 0.875. The van der Waals surface area contributed by atoms with Crippen molar-refractivity contribution >= 4 is 5.69 Å². The minimum atomic E-state index is 0.0901. The fourth-order valence-electron chi connectivity index (χ4n) is 2.38. The summed E-state index contributed by atoms with van der Waals surface area (Å²) in [7, 11) is 3.74. The van der Waals surface area contributed by atoms with Gasteiger partial charge in [0.25, 0.3) is 0 Å². The van der Waals surface area contributed by atoms with E-state index >= 15 is 0 Å². The Balaban J connectivity index is 1.98. The molecule has 0 aliphatic heterocycles. The van der Waals surface area contributed by atoms with E-state index in [1.165, 1.54) is 5.56 Å². The molecule has 106 valence electrons. The summed E-state index contributed by atoms with van der Waals surface area (Å²) in [6, 6.07) is 18.4. The zero-order chi connectivity index (χ0) is 14.4. The Kier molecular flexibility index (Phi) is 5.02. The summed E-state index contributed by atoms with van der Waals surface area (Å²) in [5, 5.41) is 0. The third-order valence-corrected chi connectivity index (χ3v) is 3.35. The molecule has 0 amide bonds. The molecule has 0 radical (unpaired) electrons. The fourth-order valence-corrected chi connectivity index (χ4v) is 2.38. The van der Waals surface area contributed by atoms with E-state index in [1.54, 1.807) is 7.11 Å². The molecule has 0 aliphatic rings. The Labute approximate surface area is 121 Å². The van der Waals surface area contributed by atoms with Crippen LogP contribution in [0.15, 0.2) is 54.6 Å². The second-order valence-electron chi connectivity index (χ2n) is 5.00. The summed E-state index contributed by atoms with van der Waals surface area (Å²) < 4.78 is 5.38. The molecule has 0 fully saturated rings. The molecule has 2 N–H and O–H groups in total. The normalized spacial score (nSPS) is 11.9. The average molecular weight is 270 g/mol. The van der Waals surface area contributed by atoms with Gasteiger partial charge in [0.1, 0.15) is 5.75 Å². The third-order valence-electron chi connectivity index (χ3n) is 3.35. The quantitative estimate of drug-likeness (QED) is 0.877. The zero-order valence-electron chi connectivity index (χ0n) is 12.1. The van der Waals surface area contributed by atoms with Crippen LogP contribution in [0, 0.1) is 0 Å². The van der Waals surface area contributed by atoms with Crippen LogP contribution < -0.4 is 15.4 Å². The first-order chi connectivity index (χ1) is 9.70. The third kappa shape index (κ3) is 3.75. The largest absolute Gasteiger partial charge is 0.495 e. The second kappa shape index (κ2) is 6.96. The van der Waals surface area contributed by atoms with Gasteiger partial charge >= 0.3 is 0 Å². The molecule has 0 spiro atoms. The van der Waals surface area contributed by atoms with E-state index in [-0.39, 0.29) is 6.04 Å². The molecule has 1 unspecified atom stereocenters. The molecule has 0 saturated heterocycles. The standard InChI is InChI=1S/C17H22N2O/c1-19(16-10-6-7-11-17(16)20-2)13-15(18)12-14-8-4-3-5-9-14/h3-11,15H,12-13,18H2,1-2H3. The minimum absolute atomic E-state index is 0.0901. The number of hydrogen-bond donors (Lipinski definition) is 1. The highest BCUT2D eigenvalue weighted by atomic mass is 16.5. The highest BCUT2D eigenvalue weighted by Crippen LogP contribution is 2.26. The molecular weight excluding hydrogens is 248 g/mol. The van der Waals surface area contributed by atoms with Gasteiger partial charge in [-0.25, -0.2) is 0 Å². The Morgan fingerprint density at radius 3 is 2.40 bits per heavy atom. The van der Waals surface area contributed by atoms with Crippen LogP contribution in [-0.4, -0.2) is 26.7 Å². The van der Waals surface area contributed by atoms with Gasteiger partial charge in [-0.3, -0.25) is 0 Å². The van der Waals surface area contributed by atoms with Crippen molar-refractivity contribution in [2.24, 2.45) is 5.73 Å². The molecule has 3 heteroatoms. The number of methoxy groups -OCH3 is 1. The van der Waals surface area contributed by atoms with Crippen LogP contribution in [0.1, 0.15) is 5.56 Å². The molecule has 0 aromatic heterocycles. The summed E-state index contributed by atoms with van der Waals surface area (Å²) >= 11 is 0. The number of nitrogens with zero attached hydrogens (tertiary/aromatic N) is 1. The van der Waals surface area contributed by atoms with Gasteiger partial charge in [-0.05, 0) is 24.1 Å². The Hall–Kier alpha value is -2.00. The SMILES string of the molecule is COc1ccccc1N(C)CC(N)Cc1ccccc1. The Morgan fingerprint density at radius 2 is 1.70 bits per heavy atom. The van der Waals surface area contributed by atoms with E-state index in [9.17, 15) is 0 Å². The average Bonchev–Trinajstić information content (AvgIpc) is 2.48. The van der Waals surface area contributed by atoms with Crippen LogP contribution in [0.3, 0.4) is 0 Å². The molecule has 20 heavy (non-hydrogen) atoms. The van der Waals surface area contributed by atoms with E-state index in [2.05, 4.69) is 17.0 Å². The number of para-hydroxylation sites is 2.